The summed E-state index contributed by atoms with van der Waals surface area (Å²) in [4.78, 5) is 10.3. The predicted octanol–water partition coefficient (Wildman–Crippen LogP) is 2.29. The second kappa shape index (κ2) is 10.5. The lowest BCUT2D eigenvalue weighted by atomic mass is 10.1. The summed E-state index contributed by atoms with van der Waals surface area (Å²) in [5.74, 6) is 0. The molecule has 1 aromatic rings. The fourth-order valence-electron chi connectivity index (χ4n) is 3.37. The topological polar surface area (TPSA) is 46.2 Å². The number of anilines is 1. The van der Waals surface area contributed by atoms with Crippen LogP contribution in [0.25, 0.3) is 5.70 Å². The van der Waals surface area contributed by atoms with E-state index in [4.69, 9.17) is 14.3 Å². The van der Waals surface area contributed by atoms with E-state index in [2.05, 4.69) is 59.1 Å². The van der Waals surface area contributed by atoms with Crippen molar-refractivity contribution in [3.63, 3.8) is 0 Å². The second-order valence-electron chi connectivity index (χ2n) is 6.82. The molecule has 0 radical (unpaired) electrons. The fourth-order valence-corrected chi connectivity index (χ4v) is 3.37. The minimum Gasteiger partial charge on any atom is -0.379 e. The van der Waals surface area contributed by atoms with E-state index >= 15 is 0 Å². The third kappa shape index (κ3) is 5.81. The summed E-state index contributed by atoms with van der Waals surface area (Å²) in [6.45, 7) is 13.3. The maximum Gasteiger partial charge on any atom is 0.0925 e. The summed E-state index contributed by atoms with van der Waals surface area (Å²) in [5, 5.41) is 0. The Kier molecular flexibility index (Phi) is 7.71. The summed E-state index contributed by atoms with van der Waals surface area (Å²) in [6.07, 6.45) is 3.95. The Labute approximate surface area is 162 Å². The number of ether oxygens (including phenoxy) is 2. The van der Waals surface area contributed by atoms with E-state index < -0.39 is 0 Å². The van der Waals surface area contributed by atoms with Crippen molar-refractivity contribution < 1.29 is 14.3 Å². The molecule has 1 aromatic carbocycles. The van der Waals surface area contributed by atoms with Gasteiger partial charge >= 0.3 is 0 Å². The quantitative estimate of drug-likeness (QED) is 0.429. The van der Waals surface area contributed by atoms with Gasteiger partial charge < -0.3 is 14.4 Å². The Morgan fingerprint density at radius 3 is 2.37 bits per heavy atom. The molecular weight excluding hydrogens is 342 g/mol. The van der Waals surface area contributed by atoms with Crippen LogP contribution in [0.3, 0.4) is 0 Å². The normalized spacial score (nSPS) is 20.3. The first-order chi connectivity index (χ1) is 13.3. The van der Waals surface area contributed by atoms with Crippen LogP contribution in [0.15, 0.2) is 43.0 Å². The number of hydrogen-bond acceptors (Lipinski definition) is 6. The molecule has 2 aliphatic rings. The van der Waals surface area contributed by atoms with E-state index in [1.807, 2.05) is 0 Å². The number of nitrogens with zero attached hydrogens (tertiary/aromatic N) is 2. The molecule has 2 saturated heterocycles. The van der Waals surface area contributed by atoms with Crippen LogP contribution in [-0.4, -0.2) is 70.2 Å². The zero-order valence-electron chi connectivity index (χ0n) is 16.2. The highest BCUT2D eigenvalue weighted by Gasteiger charge is 2.17. The van der Waals surface area contributed by atoms with Crippen LogP contribution in [-0.2, 0) is 14.3 Å². The monoisotopic (exact) mass is 373 g/mol. The lowest BCUT2D eigenvalue weighted by Crippen LogP contribution is -2.41. The van der Waals surface area contributed by atoms with Gasteiger partial charge in [0.2, 0.25) is 0 Å². The van der Waals surface area contributed by atoms with E-state index in [1.165, 1.54) is 5.69 Å². The number of nitrogens with one attached hydrogen (secondary N) is 1. The number of hydrogen-bond donors (Lipinski definition) is 1. The first-order valence-electron chi connectivity index (χ1n) is 9.73. The molecule has 1 atom stereocenters. The van der Waals surface area contributed by atoms with Crippen molar-refractivity contribution in [1.82, 2.24) is 10.4 Å². The van der Waals surface area contributed by atoms with Crippen molar-refractivity contribution in [2.45, 2.75) is 13.0 Å². The Balaban J connectivity index is 1.72. The molecule has 0 spiro atoms. The molecule has 1 N–H and O–H groups in total. The van der Waals surface area contributed by atoms with Gasteiger partial charge in [0.15, 0.2) is 0 Å². The van der Waals surface area contributed by atoms with Crippen LogP contribution in [0, 0.1) is 0 Å². The van der Waals surface area contributed by atoms with Crippen molar-refractivity contribution in [2.75, 3.05) is 64.1 Å². The van der Waals surface area contributed by atoms with E-state index in [0.717, 1.165) is 63.9 Å². The van der Waals surface area contributed by atoms with Crippen LogP contribution in [0.2, 0.25) is 0 Å². The zero-order valence-corrected chi connectivity index (χ0v) is 16.2. The predicted molar refractivity (Wildman–Crippen MR) is 109 cm³/mol. The average Bonchev–Trinajstić information content (AvgIpc) is 2.74. The van der Waals surface area contributed by atoms with Gasteiger partial charge in [-0.2, -0.15) is 0 Å². The SMILES string of the molecule is C=CCONC(=CC(C)N1CCOCC1)c1ccc(N2CCOCC2)cc1. The Hall–Kier alpha value is -1.86. The summed E-state index contributed by atoms with van der Waals surface area (Å²) in [5.41, 5.74) is 6.42. The van der Waals surface area contributed by atoms with Crippen LogP contribution in [0.5, 0.6) is 0 Å². The molecule has 0 amide bonds. The van der Waals surface area contributed by atoms with E-state index in [1.54, 1.807) is 6.08 Å². The summed E-state index contributed by atoms with van der Waals surface area (Å²) in [6, 6.07) is 8.93. The molecule has 3 rings (SSSR count). The fraction of sp³-hybridized carbons (Fsp3) is 0.524. The van der Waals surface area contributed by atoms with E-state index in [9.17, 15) is 0 Å². The van der Waals surface area contributed by atoms with Gasteiger partial charge in [-0.1, -0.05) is 18.2 Å². The third-order valence-corrected chi connectivity index (χ3v) is 4.97. The maximum atomic E-state index is 5.53. The Morgan fingerprint density at radius 1 is 1.11 bits per heavy atom. The van der Waals surface area contributed by atoms with Gasteiger partial charge in [0.25, 0.3) is 0 Å². The van der Waals surface area contributed by atoms with Crippen LogP contribution < -0.4 is 10.4 Å². The standard InChI is InChI=1S/C21H31N3O3/c1-3-12-27-22-21(17-18(2)23-8-13-25-14-9-23)19-4-6-20(7-5-19)24-10-15-26-16-11-24/h3-7,17-18,22H,1,8-16H2,2H3. The van der Waals surface area contributed by atoms with Crippen molar-refractivity contribution in [2.24, 2.45) is 0 Å². The molecule has 2 fully saturated rings. The average molecular weight is 373 g/mol. The van der Waals surface area contributed by atoms with E-state index in [-0.39, 0.29) is 0 Å². The maximum absolute atomic E-state index is 5.53. The summed E-state index contributed by atoms with van der Waals surface area (Å²) in [7, 11) is 0. The van der Waals surface area contributed by atoms with Gasteiger partial charge in [-0.15, -0.1) is 6.58 Å². The lowest BCUT2D eigenvalue weighted by Gasteiger charge is -2.31. The molecule has 0 aromatic heterocycles. The smallest absolute Gasteiger partial charge is 0.0925 e. The van der Waals surface area contributed by atoms with Gasteiger partial charge in [0.1, 0.15) is 0 Å². The van der Waals surface area contributed by atoms with Crippen LogP contribution >= 0.6 is 0 Å². The highest BCUT2D eigenvalue weighted by atomic mass is 16.6. The van der Waals surface area contributed by atoms with Crippen LogP contribution in [0.1, 0.15) is 12.5 Å². The molecular formula is C21H31N3O3. The summed E-state index contributed by atoms with van der Waals surface area (Å²) < 4.78 is 10.9. The van der Waals surface area contributed by atoms with Gasteiger partial charge in [-0.25, -0.2) is 0 Å². The van der Waals surface area contributed by atoms with Crippen LogP contribution in [0.4, 0.5) is 5.69 Å². The lowest BCUT2D eigenvalue weighted by molar-refractivity contribution is 0.0284. The number of morpholine rings is 2. The Bertz CT molecular complexity index is 606. The molecule has 6 nitrogen and oxygen atoms in total. The molecule has 0 aliphatic carbocycles. The molecule has 0 bridgehead atoms. The molecule has 2 heterocycles. The third-order valence-electron chi connectivity index (χ3n) is 4.97. The zero-order chi connectivity index (χ0) is 18.9. The van der Waals surface area contributed by atoms with E-state index in [0.29, 0.717) is 12.6 Å². The minimum absolute atomic E-state index is 0.294. The Morgan fingerprint density at radius 2 is 1.74 bits per heavy atom. The van der Waals surface area contributed by atoms with Gasteiger partial charge in [-0.05, 0) is 30.7 Å². The molecule has 148 valence electrons. The molecule has 27 heavy (non-hydrogen) atoms. The highest BCUT2D eigenvalue weighted by Crippen LogP contribution is 2.21. The van der Waals surface area contributed by atoms with Crippen molar-refractivity contribution in [1.29, 1.82) is 0 Å². The number of benzene rings is 1. The first kappa shape index (κ1) is 19.9. The van der Waals surface area contributed by atoms with Crippen molar-refractivity contribution in [3.8, 4) is 0 Å². The molecule has 2 aliphatic heterocycles. The highest BCUT2D eigenvalue weighted by molar-refractivity contribution is 5.66. The largest absolute Gasteiger partial charge is 0.379 e. The summed E-state index contributed by atoms with van der Waals surface area (Å²) >= 11 is 0. The molecule has 6 heteroatoms. The number of hydroxylamine groups is 1. The molecule has 0 saturated carbocycles. The first-order valence-corrected chi connectivity index (χ1v) is 9.73. The molecule has 1 unspecified atom stereocenters. The van der Waals surface area contributed by atoms with Gasteiger partial charge in [0, 0.05) is 37.9 Å². The van der Waals surface area contributed by atoms with Crippen molar-refractivity contribution in [3.05, 3.63) is 48.6 Å². The van der Waals surface area contributed by atoms with Crippen molar-refractivity contribution >= 4 is 11.4 Å². The van der Waals surface area contributed by atoms with Gasteiger partial charge in [0.05, 0.1) is 38.7 Å². The van der Waals surface area contributed by atoms with Gasteiger partial charge in [-0.3, -0.25) is 15.2 Å². The minimum atomic E-state index is 0.294. The number of rotatable bonds is 8. The second-order valence-corrected chi connectivity index (χ2v) is 6.82.